The van der Waals surface area contributed by atoms with Crippen molar-refractivity contribution in [1.82, 2.24) is 5.32 Å². The summed E-state index contributed by atoms with van der Waals surface area (Å²) >= 11 is 0. The number of nitro groups is 1. The van der Waals surface area contributed by atoms with Gasteiger partial charge in [0.25, 0.3) is 12.1 Å². The summed E-state index contributed by atoms with van der Waals surface area (Å²) < 4.78 is 23.9. The van der Waals surface area contributed by atoms with E-state index in [1.54, 1.807) is 0 Å². The van der Waals surface area contributed by atoms with E-state index in [1.807, 2.05) is 0 Å². The maximum Gasteiger partial charge on any atom is 0.269 e. The molecule has 19 heavy (non-hydrogen) atoms. The van der Waals surface area contributed by atoms with Crippen molar-refractivity contribution in [3.8, 4) is 0 Å². The number of hydrogen-bond donors (Lipinski definition) is 2. The van der Waals surface area contributed by atoms with Crippen LogP contribution in [0.5, 0.6) is 0 Å². The Labute approximate surface area is 107 Å². The Morgan fingerprint density at radius 2 is 2.16 bits per heavy atom. The first kappa shape index (κ1) is 15.0. The second-order valence-corrected chi connectivity index (χ2v) is 3.81. The quantitative estimate of drug-likeness (QED) is 0.595. The molecule has 104 valence electrons. The number of aliphatic hydroxyl groups is 1. The van der Waals surface area contributed by atoms with E-state index in [-0.39, 0.29) is 12.1 Å². The summed E-state index contributed by atoms with van der Waals surface area (Å²) in [5.41, 5.74) is 0.233. The SMILES string of the molecule is O=C(Cc1cccc([N+](=O)[O-])c1)NCC(O)C(F)F. The van der Waals surface area contributed by atoms with Crippen LogP contribution in [0.2, 0.25) is 0 Å². The number of benzene rings is 1. The summed E-state index contributed by atoms with van der Waals surface area (Å²) in [5, 5.41) is 21.4. The molecule has 1 aromatic rings. The van der Waals surface area contributed by atoms with Crippen LogP contribution in [0, 0.1) is 10.1 Å². The predicted molar refractivity (Wildman–Crippen MR) is 61.8 cm³/mol. The molecule has 1 aromatic carbocycles. The number of nitro benzene ring substituents is 1. The molecule has 0 spiro atoms. The number of rotatable bonds is 6. The standard InChI is InChI=1S/C11H12F2N2O4/c12-11(13)9(16)6-14-10(17)5-7-2-1-3-8(4-7)15(18)19/h1-4,9,11,16H,5-6H2,(H,14,17). The lowest BCUT2D eigenvalue weighted by molar-refractivity contribution is -0.384. The van der Waals surface area contributed by atoms with Crippen molar-refractivity contribution < 1.29 is 23.6 Å². The highest BCUT2D eigenvalue weighted by Crippen LogP contribution is 2.13. The molecular weight excluding hydrogens is 262 g/mol. The van der Waals surface area contributed by atoms with Gasteiger partial charge in [0.2, 0.25) is 5.91 Å². The Morgan fingerprint density at radius 1 is 1.47 bits per heavy atom. The first-order valence-corrected chi connectivity index (χ1v) is 5.36. The number of alkyl halides is 2. The number of halogens is 2. The average molecular weight is 274 g/mol. The Hall–Kier alpha value is -2.09. The number of carbonyl (C=O) groups excluding carboxylic acids is 1. The third-order valence-corrected chi connectivity index (χ3v) is 2.29. The van der Waals surface area contributed by atoms with Crippen LogP contribution < -0.4 is 5.32 Å². The molecule has 6 nitrogen and oxygen atoms in total. The molecule has 0 heterocycles. The van der Waals surface area contributed by atoms with Gasteiger partial charge < -0.3 is 10.4 Å². The fourth-order valence-corrected chi connectivity index (χ4v) is 1.34. The van der Waals surface area contributed by atoms with Gasteiger partial charge in [0.05, 0.1) is 11.3 Å². The Bertz CT molecular complexity index is 468. The highest BCUT2D eigenvalue weighted by Gasteiger charge is 2.17. The Morgan fingerprint density at radius 3 is 2.74 bits per heavy atom. The molecule has 0 aliphatic rings. The third kappa shape index (κ3) is 4.96. The van der Waals surface area contributed by atoms with Crippen molar-refractivity contribution in [2.75, 3.05) is 6.54 Å². The molecule has 0 bridgehead atoms. The van der Waals surface area contributed by atoms with Crippen LogP contribution in [0.1, 0.15) is 5.56 Å². The maximum absolute atomic E-state index is 12.0. The highest BCUT2D eigenvalue weighted by molar-refractivity contribution is 5.78. The number of nitrogens with zero attached hydrogens (tertiary/aromatic N) is 1. The van der Waals surface area contributed by atoms with Crippen LogP contribution in [0.25, 0.3) is 0 Å². The monoisotopic (exact) mass is 274 g/mol. The van der Waals surface area contributed by atoms with Gasteiger partial charge in [-0.1, -0.05) is 12.1 Å². The van der Waals surface area contributed by atoms with Crippen LogP contribution >= 0.6 is 0 Å². The summed E-state index contributed by atoms with van der Waals surface area (Å²) in [6, 6.07) is 5.44. The molecule has 1 rings (SSSR count). The molecule has 0 aromatic heterocycles. The van der Waals surface area contributed by atoms with Gasteiger partial charge in [-0.25, -0.2) is 8.78 Å². The van der Waals surface area contributed by atoms with E-state index in [0.717, 1.165) is 0 Å². The lowest BCUT2D eigenvalue weighted by atomic mass is 10.1. The fourth-order valence-electron chi connectivity index (χ4n) is 1.34. The second-order valence-electron chi connectivity index (χ2n) is 3.81. The minimum atomic E-state index is -2.93. The van der Waals surface area contributed by atoms with Crippen LogP contribution in [0.15, 0.2) is 24.3 Å². The van der Waals surface area contributed by atoms with Crippen molar-refractivity contribution in [1.29, 1.82) is 0 Å². The summed E-state index contributed by atoms with van der Waals surface area (Å²) in [6.07, 6.45) is -5.04. The number of amides is 1. The number of carbonyl (C=O) groups is 1. The molecule has 1 amide bonds. The van der Waals surface area contributed by atoms with Gasteiger partial charge in [0, 0.05) is 18.7 Å². The van der Waals surface area contributed by atoms with Crippen LogP contribution in [0.3, 0.4) is 0 Å². The molecule has 1 unspecified atom stereocenters. The van der Waals surface area contributed by atoms with Crippen molar-refractivity contribution >= 4 is 11.6 Å². The smallest absolute Gasteiger partial charge is 0.269 e. The number of nitrogens with one attached hydrogen (secondary N) is 1. The molecule has 0 fully saturated rings. The molecule has 8 heteroatoms. The summed E-state index contributed by atoms with van der Waals surface area (Å²) in [4.78, 5) is 21.3. The lowest BCUT2D eigenvalue weighted by Gasteiger charge is -2.10. The minimum absolute atomic E-state index is 0.155. The fraction of sp³-hybridized carbons (Fsp3) is 0.364. The van der Waals surface area contributed by atoms with Crippen molar-refractivity contribution in [3.05, 3.63) is 39.9 Å². The average Bonchev–Trinajstić information content (AvgIpc) is 2.36. The van der Waals surface area contributed by atoms with Gasteiger partial charge in [-0.15, -0.1) is 0 Å². The minimum Gasteiger partial charge on any atom is -0.385 e. The Balaban J connectivity index is 2.53. The normalized spacial score (nSPS) is 12.2. The van der Waals surface area contributed by atoms with Gasteiger partial charge in [-0.3, -0.25) is 14.9 Å². The summed E-state index contributed by atoms with van der Waals surface area (Å²) in [7, 11) is 0. The van der Waals surface area contributed by atoms with Crippen LogP contribution in [-0.4, -0.2) is 35.0 Å². The van der Waals surface area contributed by atoms with E-state index in [9.17, 15) is 23.7 Å². The molecule has 1 atom stereocenters. The number of non-ortho nitro benzene ring substituents is 1. The third-order valence-electron chi connectivity index (χ3n) is 2.29. The van der Waals surface area contributed by atoms with E-state index < -0.39 is 29.9 Å². The zero-order chi connectivity index (χ0) is 14.4. The number of hydrogen-bond acceptors (Lipinski definition) is 4. The molecule has 0 aliphatic heterocycles. The topological polar surface area (TPSA) is 92.5 Å². The zero-order valence-electron chi connectivity index (χ0n) is 9.75. The van der Waals surface area contributed by atoms with Crippen molar-refractivity contribution in [3.63, 3.8) is 0 Å². The van der Waals surface area contributed by atoms with Gasteiger partial charge in [-0.2, -0.15) is 0 Å². The zero-order valence-corrected chi connectivity index (χ0v) is 9.75. The van der Waals surface area contributed by atoms with E-state index >= 15 is 0 Å². The summed E-state index contributed by atoms with van der Waals surface area (Å²) in [6.45, 7) is -0.564. The van der Waals surface area contributed by atoms with Gasteiger partial charge >= 0.3 is 0 Å². The first-order chi connectivity index (χ1) is 8.90. The van der Waals surface area contributed by atoms with E-state index in [0.29, 0.717) is 5.56 Å². The summed E-state index contributed by atoms with van der Waals surface area (Å²) in [5.74, 6) is -0.597. The van der Waals surface area contributed by atoms with Crippen molar-refractivity contribution in [2.45, 2.75) is 19.0 Å². The number of aliphatic hydroxyl groups excluding tert-OH is 1. The van der Waals surface area contributed by atoms with E-state index in [4.69, 9.17) is 5.11 Å². The van der Waals surface area contributed by atoms with Gasteiger partial charge in [0.1, 0.15) is 6.10 Å². The second kappa shape index (κ2) is 6.74. The largest absolute Gasteiger partial charge is 0.385 e. The highest BCUT2D eigenvalue weighted by atomic mass is 19.3. The molecular formula is C11H12F2N2O4. The van der Waals surface area contributed by atoms with Gasteiger partial charge in [-0.05, 0) is 5.56 Å². The molecule has 0 saturated heterocycles. The molecule has 0 radical (unpaired) electrons. The maximum atomic E-state index is 12.0. The van der Waals surface area contributed by atoms with Crippen molar-refractivity contribution in [2.24, 2.45) is 0 Å². The van der Waals surface area contributed by atoms with Crippen LogP contribution in [-0.2, 0) is 11.2 Å². The van der Waals surface area contributed by atoms with E-state index in [1.165, 1.54) is 24.3 Å². The molecule has 0 saturated carbocycles. The molecule has 2 N–H and O–H groups in total. The van der Waals surface area contributed by atoms with Crippen LogP contribution in [0.4, 0.5) is 14.5 Å². The Kier molecular flexibility index (Phi) is 5.31. The lowest BCUT2D eigenvalue weighted by Crippen LogP contribution is -2.36. The first-order valence-electron chi connectivity index (χ1n) is 5.36. The van der Waals surface area contributed by atoms with E-state index in [2.05, 4.69) is 5.32 Å². The van der Waals surface area contributed by atoms with Gasteiger partial charge in [0.15, 0.2) is 0 Å². The molecule has 0 aliphatic carbocycles. The predicted octanol–water partition coefficient (Wildman–Crippen LogP) is 0.879.